The van der Waals surface area contributed by atoms with Crippen molar-refractivity contribution in [1.82, 2.24) is 9.80 Å². The van der Waals surface area contributed by atoms with E-state index in [1.54, 1.807) is 6.07 Å². The second kappa shape index (κ2) is 8.49. The summed E-state index contributed by atoms with van der Waals surface area (Å²) in [4.78, 5) is 16.9. The molecule has 2 saturated heterocycles. The molecule has 1 N–H and O–H groups in total. The van der Waals surface area contributed by atoms with Crippen molar-refractivity contribution in [2.24, 2.45) is 5.92 Å². The zero-order valence-corrected chi connectivity index (χ0v) is 18.0. The molecule has 1 aromatic heterocycles. The Labute approximate surface area is 173 Å². The van der Waals surface area contributed by atoms with Crippen LogP contribution in [-0.4, -0.2) is 47.6 Å². The molecule has 2 fully saturated rings. The molecule has 0 unspecified atom stereocenters. The lowest BCUT2D eigenvalue weighted by Crippen LogP contribution is -2.50. The summed E-state index contributed by atoms with van der Waals surface area (Å²) in [6.07, 6.45) is 7.41. The molecule has 0 radical (unpaired) electrons. The van der Waals surface area contributed by atoms with E-state index < -0.39 is 0 Å². The summed E-state index contributed by atoms with van der Waals surface area (Å²) >= 11 is 0. The van der Waals surface area contributed by atoms with E-state index in [0.717, 1.165) is 35.5 Å². The minimum Gasteiger partial charge on any atom is -0.507 e. The Bertz CT molecular complexity index is 934. The van der Waals surface area contributed by atoms with Gasteiger partial charge in [-0.15, -0.1) is 0 Å². The molecule has 5 nitrogen and oxygen atoms in total. The van der Waals surface area contributed by atoms with Crippen LogP contribution < -0.4 is 5.63 Å². The van der Waals surface area contributed by atoms with Gasteiger partial charge in [-0.25, -0.2) is 4.79 Å². The summed E-state index contributed by atoms with van der Waals surface area (Å²) in [5, 5.41) is 11.7. The van der Waals surface area contributed by atoms with Gasteiger partial charge in [-0.2, -0.15) is 0 Å². The highest BCUT2D eigenvalue weighted by atomic mass is 16.4. The summed E-state index contributed by atoms with van der Waals surface area (Å²) in [6.45, 7) is 8.17. The Morgan fingerprint density at radius 1 is 1.17 bits per heavy atom. The first-order valence-electron chi connectivity index (χ1n) is 11.2. The molecule has 3 heterocycles. The van der Waals surface area contributed by atoms with Crippen molar-refractivity contribution in [2.45, 2.75) is 65.0 Å². The number of aromatic hydroxyl groups is 1. The second-order valence-corrected chi connectivity index (χ2v) is 9.03. The Balaban J connectivity index is 1.56. The average Bonchev–Trinajstić information content (AvgIpc) is 2.72. The molecule has 4 rings (SSSR count). The highest BCUT2D eigenvalue weighted by Gasteiger charge is 2.33. The Kier molecular flexibility index (Phi) is 5.98. The summed E-state index contributed by atoms with van der Waals surface area (Å²) in [5.74, 6) is 0.964. The van der Waals surface area contributed by atoms with Crippen LogP contribution in [0.4, 0.5) is 0 Å². The molecule has 2 aliphatic rings. The molecule has 0 amide bonds. The molecular formula is C24H34N2O3. The Morgan fingerprint density at radius 3 is 2.76 bits per heavy atom. The molecule has 1 aromatic carbocycles. The fourth-order valence-electron chi connectivity index (χ4n) is 5.54. The van der Waals surface area contributed by atoms with Crippen LogP contribution in [0.5, 0.6) is 5.75 Å². The number of rotatable bonds is 5. The number of hydrogen-bond acceptors (Lipinski definition) is 5. The smallest absolute Gasteiger partial charge is 0.336 e. The van der Waals surface area contributed by atoms with E-state index >= 15 is 0 Å². The highest BCUT2D eigenvalue weighted by Crippen LogP contribution is 2.34. The maximum absolute atomic E-state index is 11.9. The maximum Gasteiger partial charge on any atom is 0.336 e. The highest BCUT2D eigenvalue weighted by molar-refractivity contribution is 5.86. The van der Waals surface area contributed by atoms with Crippen molar-refractivity contribution in [3.8, 4) is 5.75 Å². The van der Waals surface area contributed by atoms with Gasteiger partial charge in [-0.3, -0.25) is 0 Å². The number of benzene rings is 1. The van der Waals surface area contributed by atoms with Gasteiger partial charge in [0, 0.05) is 41.7 Å². The van der Waals surface area contributed by atoms with Gasteiger partial charge >= 0.3 is 5.63 Å². The molecule has 2 aromatic rings. The van der Waals surface area contributed by atoms with Crippen LogP contribution in [0.25, 0.3) is 11.0 Å². The number of piperidine rings is 2. The van der Waals surface area contributed by atoms with Gasteiger partial charge in [0.25, 0.3) is 0 Å². The number of fused-ring (bicyclic) bond motifs is 2. The third-order valence-electron chi connectivity index (χ3n) is 7.00. The van der Waals surface area contributed by atoms with Crippen LogP contribution in [0.15, 0.2) is 21.3 Å². The Hall–Kier alpha value is -1.85. The SMILES string of the molecule is CCc1cc(=O)oc2c(C)c(O)c(CN(C)C[C@@H]3CCCN4CCCC[C@H]34)cc12. The quantitative estimate of drug-likeness (QED) is 0.770. The van der Waals surface area contributed by atoms with E-state index in [2.05, 4.69) is 16.8 Å². The second-order valence-electron chi connectivity index (χ2n) is 9.03. The molecule has 158 valence electrons. The van der Waals surface area contributed by atoms with Crippen LogP contribution in [-0.2, 0) is 13.0 Å². The Morgan fingerprint density at radius 2 is 1.97 bits per heavy atom. The van der Waals surface area contributed by atoms with Crippen LogP contribution in [0, 0.1) is 12.8 Å². The molecule has 29 heavy (non-hydrogen) atoms. The third kappa shape index (κ3) is 4.08. The fraction of sp³-hybridized carbons (Fsp3) is 0.625. The van der Waals surface area contributed by atoms with Gasteiger partial charge in [0.15, 0.2) is 0 Å². The fourth-order valence-corrected chi connectivity index (χ4v) is 5.54. The van der Waals surface area contributed by atoms with Crippen molar-refractivity contribution in [2.75, 3.05) is 26.7 Å². The lowest BCUT2D eigenvalue weighted by Gasteiger charge is -2.45. The van der Waals surface area contributed by atoms with Crippen molar-refractivity contribution in [1.29, 1.82) is 0 Å². The normalized spacial score (nSPS) is 22.9. The van der Waals surface area contributed by atoms with Crippen molar-refractivity contribution in [3.05, 3.63) is 39.2 Å². The number of aryl methyl sites for hydroxylation is 2. The van der Waals surface area contributed by atoms with Gasteiger partial charge in [-0.05, 0) is 76.7 Å². The first kappa shape index (κ1) is 20.4. The van der Waals surface area contributed by atoms with Crippen molar-refractivity contribution in [3.63, 3.8) is 0 Å². The lowest BCUT2D eigenvalue weighted by molar-refractivity contribution is 0.0434. The van der Waals surface area contributed by atoms with Crippen LogP contribution in [0.1, 0.15) is 55.7 Å². The molecule has 0 aliphatic carbocycles. The molecule has 0 saturated carbocycles. The molecule has 0 bridgehead atoms. The molecular weight excluding hydrogens is 364 g/mol. The predicted molar refractivity (Wildman–Crippen MR) is 117 cm³/mol. The monoisotopic (exact) mass is 398 g/mol. The first-order valence-corrected chi connectivity index (χ1v) is 11.2. The molecule has 5 heteroatoms. The van der Waals surface area contributed by atoms with Gasteiger partial charge in [0.05, 0.1) is 0 Å². The van der Waals surface area contributed by atoms with Gasteiger partial charge in [0.2, 0.25) is 0 Å². The molecule has 2 atom stereocenters. The summed E-state index contributed by atoms with van der Waals surface area (Å²) in [6, 6.07) is 4.32. The standard InChI is InChI=1S/C24H34N2O3/c1-4-17-13-22(27)29-24-16(2)23(28)19(12-20(17)24)15-25(3)14-18-8-7-11-26-10-6-5-9-21(18)26/h12-13,18,21,28H,4-11,14-15H2,1-3H3/t18-,21+/m0/s1. The minimum absolute atomic E-state index is 0.253. The van der Waals surface area contributed by atoms with E-state index in [0.29, 0.717) is 23.6 Å². The van der Waals surface area contributed by atoms with Gasteiger partial charge in [-0.1, -0.05) is 13.3 Å². The zero-order valence-electron chi connectivity index (χ0n) is 18.0. The largest absolute Gasteiger partial charge is 0.507 e. The van der Waals surface area contributed by atoms with Crippen LogP contribution in [0.3, 0.4) is 0 Å². The molecule has 0 spiro atoms. The third-order valence-corrected chi connectivity index (χ3v) is 7.00. The summed E-state index contributed by atoms with van der Waals surface area (Å²) in [5.41, 5.74) is 2.72. The van der Waals surface area contributed by atoms with Gasteiger partial charge in [0.1, 0.15) is 11.3 Å². The predicted octanol–water partition coefficient (Wildman–Crippen LogP) is 4.07. The van der Waals surface area contributed by atoms with Crippen LogP contribution in [0.2, 0.25) is 0 Å². The minimum atomic E-state index is -0.351. The van der Waals surface area contributed by atoms with Crippen LogP contribution >= 0.6 is 0 Å². The van der Waals surface area contributed by atoms with Gasteiger partial charge < -0.3 is 19.3 Å². The van der Waals surface area contributed by atoms with E-state index in [1.807, 2.05) is 19.9 Å². The first-order chi connectivity index (χ1) is 14.0. The topological polar surface area (TPSA) is 56.9 Å². The summed E-state index contributed by atoms with van der Waals surface area (Å²) in [7, 11) is 2.16. The maximum atomic E-state index is 11.9. The zero-order chi connectivity index (χ0) is 20.5. The van der Waals surface area contributed by atoms with E-state index in [-0.39, 0.29) is 11.4 Å². The number of phenolic OH excluding ortho intramolecular Hbond substituents is 1. The van der Waals surface area contributed by atoms with Crippen molar-refractivity contribution >= 4 is 11.0 Å². The lowest BCUT2D eigenvalue weighted by atomic mass is 9.83. The average molecular weight is 399 g/mol. The number of nitrogens with zero attached hydrogens (tertiary/aromatic N) is 2. The van der Waals surface area contributed by atoms with E-state index in [4.69, 9.17) is 4.42 Å². The summed E-state index contributed by atoms with van der Waals surface area (Å²) < 4.78 is 5.42. The van der Waals surface area contributed by atoms with E-state index in [1.165, 1.54) is 45.2 Å². The number of hydrogen-bond donors (Lipinski definition) is 1. The van der Waals surface area contributed by atoms with Crippen molar-refractivity contribution < 1.29 is 9.52 Å². The number of phenols is 1. The van der Waals surface area contributed by atoms with E-state index in [9.17, 15) is 9.90 Å². The molecule has 2 aliphatic heterocycles.